The number of nitrogens with zero attached hydrogens (tertiary/aromatic N) is 3. The molecule has 5 heteroatoms. The van der Waals surface area contributed by atoms with Gasteiger partial charge in [0.25, 0.3) is 0 Å². The fraction of sp³-hybridized carbons (Fsp3) is 0.526. The van der Waals surface area contributed by atoms with Gasteiger partial charge in [-0.2, -0.15) is 0 Å². The second kappa shape index (κ2) is 7.45. The van der Waals surface area contributed by atoms with Gasteiger partial charge < -0.3 is 10.2 Å². The van der Waals surface area contributed by atoms with Crippen molar-refractivity contribution < 1.29 is 4.39 Å². The molecule has 1 atom stereocenters. The van der Waals surface area contributed by atoms with Crippen molar-refractivity contribution in [3.05, 3.63) is 35.6 Å². The van der Waals surface area contributed by atoms with E-state index in [1.54, 1.807) is 12.1 Å². The average Bonchev–Trinajstić information content (AvgIpc) is 2.56. The van der Waals surface area contributed by atoms with Crippen LogP contribution in [0.5, 0.6) is 0 Å². The van der Waals surface area contributed by atoms with Crippen molar-refractivity contribution >= 4 is 16.7 Å². The van der Waals surface area contributed by atoms with Crippen LogP contribution in [-0.2, 0) is 0 Å². The summed E-state index contributed by atoms with van der Waals surface area (Å²) in [5.41, 5.74) is 1.89. The third-order valence-corrected chi connectivity index (χ3v) is 5.01. The van der Waals surface area contributed by atoms with Crippen LogP contribution in [0.1, 0.15) is 18.9 Å². The van der Waals surface area contributed by atoms with Crippen LogP contribution in [0.2, 0.25) is 0 Å². The van der Waals surface area contributed by atoms with Crippen LogP contribution in [0.3, 0.4) is 0 Å². The topological polar surface area (TPSA) is 31.4 Å². The van der Waals surface area contributed by atoms with Gasteiger partial charge in [-0.25, -0.2) is 9.37 Å². The van der Waals surface area contributed by atoms with E-state index < -0.39 is 0 Å². The molecule has 2 aromatic rings. The minimum Gasteiger partial charge on any atom is -0.370 e. The molecule has 1 aliphatic heterocycles. The summed E-state index contributed by atoms with van der Waals surface area (Å²) in [7, 11) is 2.18. The van der Waals surface area contributed by atoms with Gasteiger partial charge in [0.1, 0.15) is 11.6 Å². The highest BCUT2D eigenvalue weighted by Gasteiger charge is 2.18. The Labute approximate surface area is 143 Å². The van der Waals surface area contributed by atoms with Gasteiger partial charge in [0, 0.05) is 44.2 Å². The van der Waals surface area contributed by atoms with Crippen molar-refractivity contribution in [2.24, 2.45) is 0 Å². The van der Waals surface area contributed by atoms with Gasteiger partial charge in [-0.3, -0.25) is 4.90 Å². The molecular weight excluding hydrogens is 303 g/mol. The number of anilines is 1. The smallest absolute Gasteiger partial charge is 0.126 e. The van der Waals surface area contributed by atoms with Crippen molar-refractivity contribution in [2.75, 3.05) is 45.1 Å². The summed E-state index contributed by atoms with van der Waals surface area (Å²) < 4.78 is 13.4. The van der Waals surface area contributed by atoms with Gasteiger partial charge in [-0.05, 0) is 57.1 Å². The van der Waals surface area contributed by atoms with Crippen molar-refractivity contribution in [3.63, 3.8) is 0 Å². The highest BCUT2D eigenvalue weighted by atomic mass is 19.1. The molecule has 0 unspecified atom stereocenters. The molecule has 1 saturated heterocycles. The van der Waals surface area contributed by atoms with Crippen molar-refractivity contribution in [1.82, 2.24) is 14.8 Å². The van der Waals surface area contributed by atoms with Crippen LogP contribution in [-0.4, -0.2) is 60.6 Å². The molecule has 0 radical (unpaired) electrons. The van der Waals surface area contributed by atoms with Crippen molar-refractivity contribution in [1.29, 1.82) is 0 Å². The van der Waals surface area contributed by atoms with E-state index in [-0.39, 0.29) is 5.82 Å². The molecule has 1 aromatic heterocycles. The molecule has 0 saturated carbocycles. The number of halogens is 1. The van der Waals surface area contributed by atoms with E-state index in [4.69, 9.17) is 0 Å². The fourth-order valence-corrected chi connectivity index (χ4v) is 3.31. The highest BCUT2D eigenvalue weighted by molar-refractivity contribution is 5.83. The van der Waals surface area contributed by atoms with Crippen LogP contribution < -0.4 is 5.32 Å². The zero-order valence-corrected chi connectivity index (χ0v) is 14.8. The van der Waals surface area contributed by atoms with Gasteiger partial charge in [-0.1, -0.05) is 0 Å². The van der Waals surface area contributed by atoms with Gasteiger partial charge >= 0.3 is 0 Å². The number of nitrogens with one attached hydrogen (secondary N) is 1. The maximum atomic E-state index is 13.4. The molecule has 4 nitrogen and oxygen atoms in total. The first-order valence-corrected chi connectivity index (χ1v) is 8.76. The summed E-state index contributed by atoms with van der Waals surface area (Å²) >= 11 is 0. The SMILES string of the molecule is Cc1cc(NCC[C@@H](C)N2CCN(C)CC2)nc2ccc(F)cc12. The Hall–Kier alpha value is -1.72. The maximum Gasteiger partial charge on any atom is 0.126 e. The number of likely N-dealkylation sites (N-methyl/N-ethyl adjacent to an activating group) is 1. The molecule has 0 spiro atoms. The van der Waals surface area contributed by atoms with Crippen LogP contribution in [0.15, 0.2) is 24.3 Å². The normalized spacial score (nSPS) is 18.0. The third kappa shape index (κ3) is 4.02. The highest BCUT2D eigenvalue weighted by Crippen LogP contribution is 2.21. The summed E-state index contributed by atoms with van der Waals surface area (Å²) in [6.07, 6.45) is 1.09. The summed E-state index contributed by atoms with van der Waals surface area (Å²) in [4.78, 5) is 9.54. The summed E-state index contributed by atoms with van der Waals surface area (Å²) in [6.45, 7) is 9.80. The second-order valence-corrected chi connectivity index (χ2v) is 6.89. The van der Waals surface area contributed by atoms with E-state index in [1.807, 2.05) is 13.0 Å². The van der Waals surface area contributed by atoms with E-state index in [1.165, 1.54) is 6.07 Å². The Morgan fingerprint density at radius 1 is 1.21 bits per heavy atom. The Bertz CT molecular complexity index is 695. The number of fused-ring (bicyclic) bond motifs is 1. The Kier molecular flexibility index (Phi) is 5.31. The number of rotatable bonds is 5. The average molecular weight is 330 g/mol. The maximum absolute atomic E-state index is 13.4. The molecule has 1 fully saturated rings. The van der Waals surface area contributed by atoms with E-state index in [9.17, 15) is 4.39 Å². The molecule has 0 amide bonds. The van der Waals surface area contributed by atoms with E-state index >= 15 is 0 Å². The predicted octanol–water partition coefficient (Wildman–Crippen LogP) is 3.12. The van der Waals surface area contributed by atoms with Gasteiger partial charge in [0.15, 0.2) is 0 Å². The number of hydrogen-bond acceptors (Lipinski definition) is 4. The Balaban J connectivity index is 1.57. The number of aryl methyl sites for hydroxylation is 1. The lowest BCUT2D eigenvalue weighted by molar-refractivity contribution is 0.116. The van der Waals surface area contributed by atoms with Crippen LogP contribution in [0.4, 0.5) is 10.2 Å². The molecule has 130 valence electrons. The van der Waals surface area contributed by atoms with E-state index in [0.29, 0.717) is 6.04 Å². The number of benzene rings is 1. The lowest BCUT2D eigenvalue weighted by Gasteiger charge is -2.36. The van der Waals surface area contributed by atoms with Crippen LogP contribution in [0, 0.1) is 12.7 Å². The summed E-state index contributed by atoms with van der Waals surface area (Å²) in [6, 6.07) is 7.34. The first-order valence-electron chi connectivity index (χ1n) is 8.76. The van der Waals surface area contributed by atoms with Crippen LogP contribution >= 0.6 is 0 Å². The molecule has 0 aliphatic carbocycles. The first kappa shape index (κ1) is 17.1. The molecule has 0 bridgehead atoms. The molecular formula is C19H27FN4. The number of pyridine rings is 1. The summed E-state index contributed by atoms with van der Waals surface area (Å²) in [5, 5.41) is 4.31. The zero-order valence-electron chi connectivity index (χ0n) is 14.8. The minimum atomic E-state index is -0.214. The summed E-state index contributed by atoms with van der Waals surface area (Å²) in [5.74, 6) is 0.659. The minimum absolute atomic E-state index is 0.214. The fourth-order valence-electron chi connectivity index (χ4n) is 3.31. The number of piperazine rings is 1. The number of aromatic nitrogens is 1. The Morgan fingerprint density at radius 2 is 1.96 bits per heavy atom. The van der Waals surface area contributed by atoms with Crippen molar-refractivity contribution in [3.8, 4) is 0 Å². The molecule has 1 N–H and O–H groups in total. The third-order valence-electron chi connectivity index (χ3n) is 5.01. The largest absolute Gasteiger partial charge is 0.370 e. The number of hydrogen-bond donors (Lipinski definition) is 1. The predicted molar refractivity (Wildman–Crippen MR) is 98.1 cm³/mol. The van der Waals surface area contributed by atoms with E-state index in [0.717, 1.165) is 61.4 Å². The monoisotopic (exact) mass is 330 g/mol. The lowest BCUT2D eigenvalue weighted by Crippen LogP contribution is -2.48. The molecule has 24 heavy (non-hydrogen) atoms. The van der Waals surface area contributed by atoms with Crippen molar-refractivity contribution in [2.45, 2.75) is 26.3 Å². The van der Waals surface area contributed by atoms with Crippen LogP contribution in [0.25, 0.3) is 10.9 Å². The molecule has 3 rings (SSSR count). The molecule has 2 heterocycles. The zero-order chi connectivity index (χ0) is 17.1. The molecule has 1 aromatic carbocycles. The molecule has 1 aliphatic rings. The van der Waals surface area contributed by atoms with Gasteiger partial charge in [0.2, 0.25) is 0 Å². The lowest BCUT2D eigenvalue weighted by atomic mass is 10.1. The standard InChI is InChI=1S/C19H27FN4/c1-14-12-19(22-18-5-4-16(20)13-17(14)18)21-7-6-15(2)24-10-8-23(3)9-11-24/h4-5,12-13,15H,6-11H2,1-3H3,(H,21,22)/t15-/m1/s1. The second-order valence-electron chi connectivity index (χ2n) is 6.89. The van der Waals surface area contributed by atoms with Gasteiger partial charge in [0.05, 0.1) is 5.52 Å². The Morgan fingerprint density at radius 3 is 2.71 bits per heavy atom. The first-order chi connectivity index (χ1) is 11.5. The van der Waals surface area contributed by atoms with E-state index in [2.05, 4.69) is 34.1 Å². The quantitative estimate of drug-likeness (QED) is 0.913. The van der Waals surface area contributed by atoms with Gasteiger partial charge in [-0.15, -0.1) is 0 Å².